The van der Waals surface area contributed by atoms with E-state index in [0.29, 0.717) is 49.9 Å². The van der Waals surface area contributed by atoms with Crippen molar-refractivity contribution in [2.45, 2.75) is 17.6 Å². The maximum Gasteiger partial charge on any atom is 0.337 e. The van der Waals surface area contributed by atoms with Gasteiger partial charge in [0.05, 0.1) is 30.4 Å². The number of halogens is 2. The average Bonchev–Trinajstić information content (AvgIpc) is 2.92. The molecule has 0 saturated carbocycles. The molecule has 37 heavy (non-hydrogen) atoms. The summed E-state index contributed by atoms with van der Waals surface area (Å²) >= 11 is 12.2. The van der Waals surface area contributed by atoms with Gasteiger partial charge in [0.2, 0.25) is 10.0 Å². The summed E-state index contributed by atoms with van der Waals surface area (Å²) in [5, 5.41) is 0.861. The van der Waals surface area contributed by atoms with Gasteiger partial charge in [0.15, 0.2) is 0 Å². The molecule has 0 radical (unpaired) electrons. The minimum atomic E-state index is -3.66. The first kappa shape index (κ1) is 27.6. The number of piperazine rings is 1. The second-order valence-corrected chi connectivity index (χ2v) is 11.4. The normalized spacial score (nSPS) is 15.9. The highest BCUT2D eigenvalue weighted by atomic mass is 35.5. The Labute approximate surface area is 227 Å². The van der Waals surface area contributed by atoms with Crippen molar-refractivity contribution in [3.63, 3.8) is 0 Å². The third-order valence-electron chi connectivity index (χ3n) is 6.28. The number of benzene rings is 3. The molecule has 1 heterocycles. The van der Waals surface area contributed by atoms with Crippen LogP contribution in [0, 0.1) is 0 Å². The van der Waals surface area contributed by atoms with Gasteiger partial charge in [-0.25, -0.2) is 13.2 Å². The maximum absolute atomic E-state index is 13.1. The lowest BCUT2D eigenvalue weighted by Gasteiger charge is -2.36. The first-order valence-corrected chi connectivity index (χ1v) is 14.0. The number of esters is 1. The molecular formula is C27H28Cl2N2O5S. The molecule has 1 unspecified atom stereocenters. The van der Waals surface area contributed by atoms with Crippen molar-refractivity contribution in [3.8, 4) is 0 Å². The van der Waals surface area contributed by atoms with Crippen LogP contribution in [0.25, 0.3) is 0 Å². The quantitative estimate of drug-likeness (QED) is 0.340. The molecule has 1 aliphatic rings. The molecule has 3 aromatic rings. The van der Waals surface area contributed by atoms with Gasteiger partial charge in [-0.3, -0.25) is 4.90 Å². The van der Waals surface area contributed by atoms with Gasteiger partial charge in [0, 0.05) is 37.7 Å². The van der Waals surface area contributed by atoms with Gasteiger partial charge in [-0.1, -0.05) is 59.6 Å². The van der Waals surface area contributed by atoms with Crippen molar-refractivity contribution >= 4 is 39.2 Å². The molecule has 1 aliphatic heterocycles. The summed E-state index contributed by atoms with van der Waals surface area (Å²) in [7, 11) is -2.31. The summed E-state index contributed by atoms with van der Waals surface area (Å²) in [4.78, 5) is 14.0. The van der Waals surface area contributed by atoms with Crippen LogP contribution in [0.3, 0.4) is 0 Å². The van der Waals surface area contributed by atoms with E-state index in [1.54, 1.807) is 30.3 Å². The van der Waals surface area contributed by atoms with Crippen LogP contribution < -0.4 is 0 Å². The number of ether oxygens (including phenoxy) is 2. The largest absolute Gasteiger partial charge is 0.465 e. The number of hydrogen-bond donors (Lipinski definition) is 0. The zero-order chi connectivity index (χ0) is 26.4. The molecule has 0 N–H and O–H groups in total. The number of carbonyl (C=O) groups excluding carboxylic acids is 1. The van der Waals surface area contributed by atoms with Gasteiger partial charge >= 0.3 is 5.97 Å². The van der Waals surface area contributed by atoms with Gasteiger partial charge in [-0.2, -0.15) is 4.31 Å². The molecule has 10 heteroatoms. The number of sulfonamides is 1. The van der Waals surface area contributed by atoms with Crippen molar-refractivity contribution in [1.29, 1.82) is 0 Å². The lowest BCUT2D eigenvalue weighted by Crippen LogP contribution is -2.49. The van der Waals surface area contributed by atoms with Gasteiger partial charge in [0.25, 0.3) is 0 Å². The predicted octanol–water partition coefficient (Wildman–Crippen LogP) is 5.04. The molecule has 196 valence electrons. The molecule has 0 amide bonds. The van der Waals surface area contributed by atoms with Gasteiger partial charge in [0.1, 0.15) is 4.90 Å². The second kappa shape index (κ2) is 12.4. The summed E-state index contributed by atoms with van der Waals surface area (Å²) in [5.74, 6) is -0.387. The van der Waals surface area contributed by atoms with E-state index in [0.717, 1.165) is 11.1 Å². The molecule has 0 aromatic heterocycles. The molecule has 1 atom stereocenters. The zero-order valence-corrected chi connectivity index (χ0v) is 22.7. The highest BCUT2D eigenvalue weighted by Gasteiger charge is 2.31. The minimum Gasteiger partial charge on any atom is -0.465 e. The second-order valence-electron chi connectivity index (χ2n) is 8.67. The van der Waals surface area contributed by atoms with E-state index in [1.807, 2.05) is 36.4 Å². The molecule has 0 spiro atoms. The molecule has 1 saturated heterocycles. The Morgan fingerprint density at radius 2 is 1.57 bits per heavy atom. The molecule has 7 nitrogen and oxygen atoms in total. The standard InChI is InChI=1S/C27H28Cl2N2O5S/c1-35-27(32)22-8-6-20(7-9-22)19-36-25(21-10-12-23(28)13-11-21)18-30-14-16-31(17-15-30)37(33,34)26-5-3-2-4-24(26)29/h2-13,25H,14-19H2,1H3. The van der Waals surface area contributed by atoms with Crippen LogP contribution in [0.2, 0.25) is 10.0 Å². The van der Waals surface area contributed by atoms with E-state index in [2.05, 4.69) is 4.90 Å². The van der Waals surface area contributed by atoms with Gasteiger partial charge < -0.3 is 9.47 Å². The van der Waals surface area contributed by atoms with Crippen molar-refractivity contribution in [2.24, 2.45) is 0 Å². The lowest BCUT2D eigenvalue weighted by molar-refractivity contribution is 0.00771. The average molecular weight is 564 g/mol. The number of hydrogen-bond acceptors (Lipinski definition) is 6. The highest BCUT2D eigenvalue weighted by molar-refractivity contribution is 7.89. The fourth-order valence-electron chi connectivity index (χ4n) is 4.16. The lowest BCUT2D eigenvalue weighted by atomic mass is 10.1. The first-order chi connectivity index (χ1) is 17.8. The summed E-state index contributed by atoms with van der Waals surface area (Å²) < 4.78 is 38.7. The fraction of sp³-hybridized carbons (Fsp3) is 0.296. The van der Waals surface area contributed by atoms with Gasteiger partial charge in [-0.15, -0.1) is 0 Å². The minimum absolute atomic E-state index is 0.130. The Morgan fingerprint density at radius 3 is 2.19 bits per heavy atom. The van der Waals surface area contributed by atoms with Crippen molar-refractivity contribution in [1.82, 2.24) is 9.21 Å². The van der Waals surface area contributed by atoms with E-state index in [4.69, 9.17) is 32.7 Å². The smallest absolute Gasteiger partial charge is 0.337 e. The molecule has 4 rings (SSSR count). The van der Waals surface area contributed by atoms with Crippen LogP contribution in [0.4, 0.5) is 0 Å². The highest BCUT2D eigenvalue weighted by Crippen LogP contribution is 2.27. The Hall–Kier alpha value is -2.46. The Morgan fingerprint density at radius 1 is 0.919 bits per heavy atom. The summed E-state index contributed by atoms with van der Waals surface area (Å²) in [6, 6.07) is 21.1. The number of carbonyl (C=O) groups is 1. The zero-order valence-electron chi connectivity index (χ0n) is 20.3. The van der Waals surface area contributed by atoms with E-state index in [9.17, 15) is 13.2 Å². The molecule has 0 bridgehead atoms. The topological polar surface area (TPSA) is 76.2 Å². The van der Waals surface area contributed by atoms with Gasteiger partial charge in [-0.05, 0) is 47.5 Å². The third-order valence-corrected chi connectivity index (χ3v) is 8.93. The molecular weight excluding hydrogens is 535 g/mol. The molecule has 3 aromatic carbocycles. The van der Waals surface area contributed by atoms with Crippen LogP contribution in [-0.2, 0) is 26.1 Å². The molecule has 1 fully saturated rings. The Balaban J connectivity index is 1.41. The van der Waals surface area contributed by atoms with E-state index in [-0.39, 0.29) is 22.0 Å². The van der Waals surface area contributed by atoms with E-state index in [1.165, 1.54) is 17.5 Å². The van der Waals surface area contributed by atoms with Crippen molar-refractivity contribution in [2.75, 3.05) is 39.8 Å². The van der Waals surface area contributed by atoms with E-state index >= 15 is 0 Å². The number of methoxy groups -OCH3 is 1. The van der Waals surface area contributed by atoms with E-state index < -0.39 is 10.0 Å². The first-order valence-electron chi connectivity index (χ1n) is 11.8. The summed E-state index contributed by atoms with van der Waals surface area (Å²) in [5.41, 5.74) is 2.37. The SMILES string of the molecule is COC(=O)c1ccc(COC(CN2CCN(S(=O)(=O)c3ccccc3Cl)CC2)c2ccc(Cl)cc2)cc1. The fourth-order valence-corrected chi connectivity index (χ4v) is 6.20. The summed E-state index contributed by atoms with van der Waals surface area (Å²) in [6.45, 7) is 2.76. The van der Waals surface area contributed by atoms with Crippen LogP contribution in [0.1, 0.15) is 27.6 Å². The van der Waals surface area contributed by atoms with Crippen LogP contribution in [-0.4, -0.2) is 63.4 Å². The van der Waals surface area contributed by atoms with Crippen molar-refractivity contribution in [3.05, 3.63) is 99.5 Å². The van der Waals surface area contributed by atoms with Crippen LogP contribution in [0.15, 0.2) is 77.7 Å². The van der Waals surface area contributed by atoms with Crippen LogP contribution >= 0.6 is 23.2 Å². The maximum atomic E-state index is 13.1. The molecule has 0 aliphatic carbocycles. The monoisotopic (exact) mass is 562 g/mol. The Bertz CT molecular complexity index is 1310. The predicted molar refractivity (Wildman–Crippen MR) is 143 cm³/mol. The van der Waals surface area contributed by atoms with Crippen molar-refractivity contribution < 1.29 is 22.7 Å². The summed E-state index contributed by atoms with van der Waals surface area (Å²) in [6.07, 6.45) is -0.260. The third kappa shape index (κ3) is 6.90. The Kier molecular flexibility index (Phi) is 9.23. The number of rotatable bonds is 9. The van der Waals surface area contributed by atoms with Crippen LogP contribution in [0.5, 0.6) is 0 Å². The number of nitrogens with zero attached hydrogens (tertiary/aromatic N) is 2.